The molecule has 0 spiro atoms. The van der Waals surface area contributed by atoms with Gasteiger partial charge in [-0.05, 0) is 18.2 Å². The molecule has 0 aromatic carbocycles. The van der Waals surface area contributed by atoms with Gasteiger partial charge >= 0.3 is 5.97 Å². The topological polar surface area (TPSA) is 63.6 Å². The predicted octanol–water partition coefficient (Wildman–Crippen LogP) is 1.63. The summed E-state index contributed by atoms with van der Waals surface area (Å²) in [6, 6.07) is 5.16. The van der Waals surface area contributed by atoms with Gasteiger partial charge in [0.15, 0.2) is 0 Å². The second-order valence-electron chi connectivity index (χ2n) is 3.54. The van der Waals surface area contributed by atoms with Crippen molar-refractivity contribution in [3.05, 3.63) is 39.6 Å². The first-order valence-electron chi connectivity index (χ1n) is 4.92. The molecule has 0 amide bonds. The van der Waals surface area contributed by atoms with Crippen molar-refractivity contribution < 1.29 is 9.53 Å². The monoisotopic (exact) mass is 248 g/mol. The highest BCUT2D eigenvalue weighted by molar-refractivity contribution is 7.20. The molecule has 3 heterocycles. The van der Waals surface area contributed by atoms with Crippen molar-refractivity contribution in [2.45, 2.75) is 0 Å². The molecule has 0 radical (unpaired) electrons. The summed E-state index contributed by atoms with van der Waals surface area (Å²) in [7, 11) is 1.33. The molecule has 0 aliphatic heterocycles. The molecule has 17 heavy (non-hydrogen) atoms. The summed E-state index contributed by atoms with van der Waals surface area (Å²) < 4.78 is 6.43. The highest BCUT2D eigenvalue weighted by atomic mass is 32.1. The fraction of sp³-hybridized carbons (Fsp3) is 0.0909. The lowest BCUT2D eigenvalue weighted by molar-refractivity contribution is 0.0606. The molecular weight excluding hydrogens is 240 g/mol. The van der Waals surface area contributed by atoms with Crippen molar-refractivity contribution in [2.24, 2.45) is 0 Å². The molecule has 0 fully saturated rings. The van der Waals surface area contributed by atoms with Crippen LogP contribution >= 0.6 is 11.3 Å². The average Bonchev–Trinajstić information content (AvgIpc) is 2.92. The maximum absolute atomic E-state index is 11.7. The Hall–Kier alpha value is -2.08. The number of esters is 1. The Bertz CT molecular complexity index is 781. The van der Waals surface area contributed by atoms with E-state index in [-0.39, 0.29) is 5.56 Å². The molecule has 0 aliphatic carbocycles. The van der Waals surface area contributed by atoms with Crippen LogP contribution in [0.2, 0.25) is 0 Å². The highest BCUT2D eigenvalue weighted by Gasteiger charge is 2.13. The molecule has 0 unspecified atom stereocenters. The quantitative estimate of drug-likeness (QED) is 0.666. The van der Waals surface area contributed by atoms with Gasteiger partial charge in [0.2, 0.25) is 0 Å². The van der Waals surface area contributed by atoms with E-state index in [2.05, 4.69) is 9.72 Å². The maximum atomic E-state index is 11.7. The first-order chi connectivity index (χ1) is 8.20. The van der Waals surface area contributed by atoms with Gasteiger partial charge in [-0.25, -0.2) is 4.79 Å². The molecule has 3 aromatic rings. The predicted molar refractivity (Wildman–Crippen MR) is 64.7 cm³/mol. The Morgan fingerprint density at radius 3 is 3.12 bits per heavy atom. The fourth-order valence-corrected chi connectivity index (χ4v) is 2.81. The van der Waals surface area contributed by atoms with Gasteiger partial charge < -0.3 is 14.1 Å². The molecule has 0 aliphatic rings. The second kappa shape index (κ2) is 3.46. The summed E-state index contributed by atoms with van der Waals surface area (Å²) in [5.74, 6) is -0.396. The van der Waals surface area contributed by atoms with Crippen LogP contribution in [0.15, 0.2) is 29.2 Å². The second-order valence-corrected chi connectivity index (χ2v) is 4.57. The van der Waals surface area contributed by atoms with Crippen LogP contribution in [0.1, 0.15) is 9.67 Å². The van der Waals surface area contributed by atoms with Crippen molar-refractivity contribution in [2.75, 3.05) is 7.11 Å². The number of carbonyl (C=O) groups excluding carboxylic acids is 1. The Labute approximate surface area is 99.3 Å². The third-order valence-corrected chi connectivity index (χ3v) is 3.66. The zero-order valence-electron chi connectivity index (χ0n) is 8.89. The van der Waals surface area contributed by atoms with Crippen molar-refractivity contribution in [1.82, 2.24) is 9.38 Å². The number of fused-ring (bicyclic) bond motifs is 3. The van der Waals surface area contributed by atoms with Gasteiger partial charge in [0.1, 0.15) is 15.2 Å². The highest BCUT2D eigenvalue weighted by Crippen LogP contribution is 2.24. The number of thiophene rings is 1. The number of aromatic amines is 1. The lowest BCUT2D eigenvalue weighted by Crippen LogP contribution is -2.07. The Morgan fingerprint density at radius 1 is 1.53 bits per heavy atom. The van der Waals surface area contributed by atoms with Gasteiger partial charge in [-0.2, -0.15) is 0 Å². The Balaban J connectivity index is 2.42. The van der Waals surface area contributed by atoms with E-state index in [4.69, 9.17) is 0 Å². The number of aromatic nitrogens is 2. The van der Waals surface area contributed by atoms with Crippen LogP contribution in [0.25, 0.3) is 15.9 Å². The number of H-pyrrole nitrogens is 1. The molecule has 0 saturated carbocycles. The molecule has 0 bridgehead atoms. The van der Waals surface area contributed by atoms with E-state index in [9.17, 15) is 9.59 Å². The number of methoxy groups -OCH3 is 1. The summed E-state index contributed by atoms with van der Waals surface area (Å²) in [5, 5.41) is 0. The van der Waals surface area contributed by atoms with Gasteiger partial charge in [0, 0.05) is 6.20 Å². The standard InChI is InChI=1S/C11H8N2O3S/c1-16-11(15)8-5-6-10(17-8)13-4-2-3-7(13)9(14)12-6/h2-5H,1H3,(H,12,14). The van der Waals surface area contributed by atoms with Crippen molar-refractivity contribution in [3.63, 3.8) is 0 Å². The third-order valence-electron chi connectivity index (χ3n) is 2.55. The minimum atomic E-state index is -0.396. The summed E-state index contributed by atoms with van der Waals surface area (Å²) >= 11 is 1.29. The molecule has 3 aromatic heterocycles. The van der Waals surface area contributed by atoms with Crippen molar-refractivity contribution >= 4 is 33.2 Å². The van der Waals surface area contributed by atoms with Crippen LogP contribution in [0, 0.1) is 0 Å². The summed E-state index contributed by atoms with van der Waals surface area (Å²) in [6.45, 7) is 0. The average molecular weight is 248 g/mol. The van der Waals surface area contributed by atoms with E-state index in [0.29, 0.717) is 15.9 Å². The van der Waals surface area contributed by atoms with Crippen molar-refractivity contribution in [3.8, 4) is 0 Å². The van der Waals surface area contributed by atoms with Gasteiger partial charge in [-0.1, -0.05) is 0 Å². The van der Waals surface area contributed by atoms with Gasteiger partial charge in [0.25, 0.3) is 5.56 Å². The summed E-state index contributed by atoms with van der Waals surface area (Å²) in [4.78, 5) is 27.2. The number of rotatable bonds is 1. The zero-order valence-corrected chi connectivity index (χ0v) is 9.71. The molecule has 1 N–H and O–H groups in total. The molecule has 0 atom stereocenters. The molecule has 5 nitrogen and oxygen atoms in total. The van der Waals surface area contributed by atoms with E-state index in [1.54, 1.807) is 28.8 Å². The minimum absolute atomic E-state index is 0.170. The van der Waals surface area contributed by atoms with Crippen LogP contribution in [0.5, 0.6) is 0 Å². The van der Waals surface area contributed by atoms with Gasteiger partial charge in [0.05, 0.1) is 12.6 Å². The Morgan fingerprint density at radius 2 is 2.35 bits per heavy atom. The van der Waals surface area contributed by atoms with Gasteiger partial charge in [-0.3, -0.25) is 4.79 Å². The van der Waals surface area contributed by atoms with E-state index in [1.165, 1.54) is 18.4 Å². The van der Waals surface area contributed by atoms with E-state index >= 15 is 0 Å². The Kier molecular flexibility index (Phi) is 2.05. The first kappa shape index (κ1) is 10.1. The zero-order chi connectivity index (χ0) is 12.0. The van der Waals surface area contributed by atoms with E-state index < -0.39 is 5.97 Å². The fourth-order valence-electron chi connectivity index (χ4n) is 1.78. The maximum Gasteiger partial charge on any atom is 0.348 e. The number of nitrogens with zero attached hydrogens (tertiary/aromatic N) is 1. The summed E-state index contributed by atoms with van der Waals surface area (Å²) in [6.07, 6.45) is 1.80. The smallest absolute Gasteiger partial charge is 0.348 e. The van der Waals surface area contributed by atoms with Crippen molar-refractivity contribution in [1.29, 1.82) is 0 Å². The molecule has 0 saturated heterocycles. The molecular formula is C11H8N2O3S. The lowest BCUT2D eigenvalue weighted by Gasteiger charge is -1.95. The number of hydrogen-bond donors (Lipinski definition) is 1. The van der Waals surface area contributed by atoms with E-state index in [1.807, 2.05) is 0 Å². The van der Waals surface area contributed by atoms with E-state index in [0.717, 1.165) is 4.83 Å². The number of nitrogens with one attached hydrogen (secondary N) is 1. The van der Waals surface area contributed by atoms with Crippen LogP contribution in [-0.4, -0.2) is 22.5 Å². The SMILES string of the molecule is COC(=O)c1cc2[nH]c(=O)c3cccn3c2s1. The summed E-state index contributed by atoms with van der Waals surface area (Å²) in [5.41, 5.74) is 1.04. The minimum Gasteiger partial charge on any atom is -0.465 e. The van der Waals surface area contributed by atoms with Crippen LogP contribution in [0.4, 0.5) is 0 Å². The normalized spacial score (nSPS) is 11.1. The largest absolute Gasteiger partial charge is 0.465 e. The van der Waals surface area contributed by atoms with Crippen LogP contribution < -0.4 is 5.56 Å². The molecule has 86 valence electrons. The molecule has 6 heteroatoms. The van der Waals surface area contributed by atoms with Crippen LogP contribution in [0.3, 0.4) is 0 Å². The third kappa shape index (κ3) is 1.38. The molecule has 3 rings (SSSR count). The number of ether oxygens (including phenoxy) is 1. The van der Waals surface area contributed by atoms with Crippen LogP contribution in [-0.2, 0) is 4.74 Å². The van der Waals surface area contributed by atoms with Gasteiger partial charge in [-0.15, -0.1) is 11.3 Å². The number of carbonyl (C=O) groups is 1. The first-order valence-corrected chi connectivity index (χ1v) is 5.73. The number of hydrogen-bond acceptors (Lipinski definition) is 4. The lowest BCUT2D eigenvalue weighted by atomic mass is 10.4.